The normalized spacial score (nSPS) is 11.9. The van der Waals surface area contributed by atoms with Gasteiger partial charge in [-0.1, -0.05) is 24.6 Å². The van der Waals surface area contributed by atoms with Gasteiger partial charge in [0.15, 0.2) is 18.1 Å². The van der Waals surface area contributed by atoms with Gasteiger partial charge in [-0.2, -0.15) is 0 Å². The van der Waals surface area contributed by atoms with Gasteiger partial charge in [0, 0.05) is 11.1 Å². The fourth-order valence-electron chi connectivity index (χ4n) is 2.71. The lowest BCUT2D eigenvalue weighted by Crippen LogP contribution is -2.32. The first-order valence-electron chi connectivity index (χ1n) is 8.62. The smallest absolute Gasteiger partial charge is 0.341 e. The van der Waals surface area contributed by atoms with Crippen molar-refractivity contribution in [3.63, 3.8) is 0 Å². The predicted molar refractivity (Wildman–Crippen MR) is 105 cm³/mol. The summed E-state index contributed by atoms with van der Waals surface area (Å²) in [7, 11) is 1.48. The summed E-state index contributed by atoms with van der Waals surface area (Å²) in [6.07, 6.45) is 0.553. The molecule has 0 fully saturated rings. The molecule has 2 aromatic carbocycles. The summed E-state index contributed by atoms with van der Waals surface area (Å²) in [4.78, 5) is 29.3. The van der Waals surface area contributed by atoms with Gasteiger partial charge in [-0.05, 0) is 37.1 Å². The number of anilines is 1. The number of hydrogen-bond donors (Lipinski definition) is 1. The standard InChI is InChI=1S/C20H19ClN2O5/c1-4-15(19(24)23-14-8-11(2)13(21)9-17(14)26-3)28-20(25)12-6-5-7-16-18(12)22-10-27-16/h5-10,15H,4H2,1-3H3,(H,23,24). The van der Waals surface area contributed by atoms with E-state index in [0.29, 0.717) is 34.0 Å². The maximum absolute atomic E-state index is 12.7. The second kappa shape index (κ2) is 8.31. The maximum atomic E-state index is 12.7. The Hall–Kier alpha value is -3.06. The first-order valence-corrected chi connectivity index (χ1v) is 9.00. The highest BCUT2D eigenvalue weighted by molar-refractivity contribution is 6.31. The van der Waals surface area contributed by atoms with E-state index >= 15 is 0 Å². The van der Waals surface area contributed by atoms with Gasteiger partial charge < -0.3 is 19.2 Å². The van der Waals surface area contributed by atoms with E-state index < -0.39 is 18.0 Å². The van der Waals surface area contributed by atoms with Crippen LogP contribution in [0.5, 0.6) is 5.75 Å². The van der Waals surface area contributed by atoms with E-state index in [9.17, 15) is 9.59 Å². The minimum atomic E-state index is -0.990. The highest BCUT2D eigenvalue weighted by atomic mass is 35.5. The van der Waals surface area contributed by atoms with E-state index in [4.69, 9.17) is 25.5 Å². The van der Waals surface area contributed by atoms with Crippen LogP contribution in [0.15, 0.2) is 41.1 Å². The zero-order valence-corrected chi connectivity index (χ0v) is 16.4. The topological polar surface area (TPSA) is 90.7 Å². The van der Waals surface area contributed by atoms with E-state index in [1.807, 2.05) is 6.92 Å². The van der Waals surface area contributed by atoms with Crippen LogP contribution in [0, 0.1) is 6.92 Å². The molecule has 0 aliphatic rings. The Morgan fingerprint density at radius 2 is 2.11 bits per heavy atom. The molecule has 1 unspecified atom stereocenters. The minimum Gasteiger partial charge on any atom is -0.495 e. The van der Waals surface area contributed by atoms with Gasteiger partial charge in [0.2, 0.25) is 0 Å². The number of fused-ring (bicyclic) bond motifs is 1. The van der Waals surface area contributed by atoms with Crippen molar-refractivity contribution in [2.45, 2.75) is 26.4 Å². The molecule has 1 N–H and O–H groups in total. The number of carbonyl (C=O) groups is 2. The molecular formula is C20H19ClN2O5. The molecule has 0 saturated heterocycles. The van der Waals surface area contributed by atoms with Crippen molar-refractivity contribution >= 4 is 40.3 Å². The number of esters is 1. The molecule has 1 atom stereocenters. The van der Waals surface area contributed by atoms with Crippen LogP contribution in [-0.4, -0.2) is 30.1 Å². The number of carbonyl (C=O) groups excluding carboxylic acids is 2. The lowest BCUT2D eigenvalue weighted by Gasteiger charge is -2.18. The minimum absolute atomic E-state index is 0.234. The van der Waals surface area contributed by atoms with E-state index in [2.05, 4.69) is 10.3 Å². The van der Waals surface area contributed by atoms with Crippen LogP contribution < -0.4 is 10.1 Å². The molecule has 7 nitrogen and oxygen atoms in total. The molecule has 0 spiro atoms. The van der Waals surface area contributed by atoms with E-state index in [1.54, 1.807) is 37.3 Å². The van der Waals surface area contributed by atoms with Gasteiger partial charge >= 0.3 is 5.97 Å². The summed E-state index contributed by atoms with van der Waals surface area (Å²) in [6, 6.07) is 8.24. The number of aryl methyl sites for hydroxylation is 1. The molecule has 8 heteroatoms. The molecule has 1 amide bonds. The number of nitrogens with zero attached hydrogens (tertiary/aromatic N) is 1. The highest BCUT2D eigenvalue weighted by Crippen LogP contribution is 2.31. The first kappa shape index (κ1) is 19.7. The SMILES string of the molecule is CCC(OC(=O)c1cccc2ocnc12)C(=O)Nc1cc(C)c(Cl)cc1OC. The van der Waals surface area contributed by atoms with Crippen LogP contribution in [-0.2, 0) is 9.53 Å². The average molecular weight is 403 g/mol. The number of halogens is 1. The summed E-state index contributed by atoms with van der Waals surface area (Å²) >= 11 is 6.09. The van der Waals surface area contributed by atoms with Gasteiger partial charge in [-0.3, -0.25) is 4.79 Å². The van der Waals surface area contributed by atoms with Crippen molar-refractivity contribution in [3.05, 3.63) is 52.9 Å². The molecule has 0 bridgehead atoms. The number of nitrogens with one attached hydrogen (secondary N) is 1. The maximum Gasteiger partial charge on any atom is 0.341 e. The number of para-hydroxylation sites is 1. The number of methoxy groups -OCH3 is 1. The molecule has 146 valence electrons. The Morgan fingerprint density at radius 3 is 2.82 bits per heavy atom. The molecule has 28 heavy (non-hydrogen) atoms. The molecule has 0 aliphatic carbocycles. The van der Waals surface area contributed by atoms with Gasteiger partial charge in [0.25, 0.3) is 5.91 Å². The number of amides is 1. The van der Waals surface area contributed by atoms with Gasteiger partial charge in [0.1, 0.15) is 11.3 Å². The molecule has 0 radical (unpaired) electrons. The Balaban J connectivity index is 1.78. The molecule has 0 aliphatic heterocycles. The van der Waals surface area contributed by atoms with Crippen molar-refractivity contribution in [2.75, 3.05) is 12.4 Å². The molecule has 0 saturated carbocycles. The molecule has 3 aromatic rings. The number of rotatable bonds is 6. The number of aromatic nitrogens is 1. The van der Waals surface area contributed by atoms with Gasteiger partial charge in [-0.15, -0.1) is 0 Å². The van der Waals surface area contributed by atoms with Gasteiger partial charge in [0.05, 0.1) is 18.4 Å². The third kappa shape index (κ3) is 3.94. The predicted octanol–water partition coefficient (Wildman–Crippen LogP) is 4.37. The fourth-order valence-corrected chi connectivity index (χ4v) is 2.86. The van der Waals surface area contributed by atoms with Crippen molar-refractivity contribution < 1.29 is 23.5 Å². The first-order chi connectivity index (χ1) is 13.4. The zero-order valence-electron chi connectivity index (χ0n) is 15.6. The number of oxazole rings is 1. The molecular weight excluding hydrogens is 384 g/mol. The summed E-state index contributed by atoms with van der Waals surface area (Å²) in [5, 5.41) is 3.26. The number of hydrogen-bond acceptors (Lipinski definition) is 6. The summed E-state index contributed by atoms with van der Waals surface area (Å²) < 4.78 is 15.9. The summed E-state index contributed by atoms with van der Waals surface area (Å²) in [5.41, 5.74) is 2.31. The van der Waals surface area contributed by atoms with E-state index in [1.165, 1.54) is 13.5 Å². The van der Waals surface area contributed by atoms with Crippen LogP contribution >= 0.6 is 11.6 Å². The summed E-state index contributed by atoms with van der Waals surface area (Å²) in [5.74, 6) is -0.707. The number of benzene rings is 2. The zero-order chi connectivity index (χ0) is 20.3. The third-order valence-electron chi connectivity index (χ3n) is 4.23. The second-order valence-electron chi connectivity index (χ2n) is 6.10. The van der Waals surface area contributed by atoms with E-state index in [0.717, 1.165) is 5.56 Å². The Labute approximate surface area is 166 Å². The van der Waals surface area contributed by atoms with Crippen LogP contribution in [0.25, 0.3) is 11.1 Å². The van der Waals surface area contributed by atoms with Crippen LogP contribution in [0.2, 0.25) is 5.02 Å². The summed E-state index contributed by atoms with van der Waals surface area (Å²) in [6.45, 7) is 3.56. The molecule has 1 heterocycles. The lowest BCUT2D eigenvalue weighted by atomic mass is 10.1. The lowest BCUT2D eigenvalue weighted by molar-refractivity contribution is -0.124. The highest BCUT2D eigenvalue weighted by Gasteiger charge is 2.25. The van der Waals surface area contributed by atoms with E-state index in [-0.39, 0.29) is 5.56 Å². The second-order valence-corrected chi connectivity index (χ2v) is 6.51. The monoisotopic (exact) mass is 402 g/mol. The fraction of sp³-hybridized carbons (Fsp3) is 0.250. The molecule has 1 aromatic heterocycles. The quantitative estimate of drug-likeness (QED) is 0.615. The third-order valence-corrected chi connectivity index (χ3v) is 4.64. The average Bonchev–Trinajstić information content (AvgIpc) is 3.17. The van der Waals surface area contributed by atoms with Crippen LogP contribution in [0.4, 0.5) is 5.69 Å². The number of ether oxygens (including phenoxy) is 2. The Bertz CT molecular complexity index is 1030. The largest absolute Gasteiger partial charge is 0.495 e. The van der Waals surface area contributed by atoms with Crippen LogP contribution in [0.1, 0.15) is 29.3 Å². The van der Waals surface area contributed by atoms with Crippen molar-refractivity contribution in [1.29, 1.82) is 0 Å². The van der Waals surface area contributed by atoms with Crippen molar-refractivity contribution in [3.8, 4) is 5.75 Å². The van der Waals surface area contributed by atoms with Crippen LogP contribution in [0.3, 0.4) is 0 Å². The Morgan fingerprint density at radius 1 is 1.32 bits per heavy atom. The van der Waals surface area contributed by atoms with Gasteiger partial charge in [-0.25, -0.2) is 9.78 Å². The van der Waals surface area contributed by atoms with Crippen molar-refractivity contribution in [1.82, 2.24) is 4.98 Å². The Kier molecular flexibility index (Phi) is 5.84. The molecule has 3 rings (SSSR count). The van der Waals surface area contributed by atoms with Crippen molar-refractivity contribution in [2.24, 2.45) is 0 Å².